The Balaban J connectivity index is 1.54. The number of benzene rings is 1. The van der Waals surface area contributed by atoms with Crippen molar-refractivity contribution in [2.24, 2.45) is 4.99 Å². The van der Waals surface area contributed by atoms with E-state index in [-0.39, 0.29) is 5.91 Å². The van der Waals surface area contributed by atoms with E-state index in [0.29, 0.717) is 17.7 Å². The van der Waals surface area contributed by atoms with Crippen LogP contribution in [0, 0.1) is 0 Å². The SMILES string of the molecule is CN1CC(NC2=NCC(c3ccccc3)S2)CCC1=O. The molecule has 4 nitrogen and oxygen atoms in total. The number of hydrogen-bond donors (Lipinski definition) is 1. The van der Waals surface area contributed by atoms with Crippen LogP contribution >= 0.6 is 11.8 Å². The Labute approximate surface area is 123 Å². The Bertz CT molecular complexity index is 517. The fourth-order valence-electron chi connectivity index (χ4n) is 2.60. The fourth-order valence-corrected chi connectivity index (χ4v) is 3.70. The van der Waals surface area contributed by atoms with Gasteiger partial charge in [-0.1, -0.05) is 42.1 Å². The number of thioether (sulfide) groups is 1. The molecule has 2 atom stereocenters. The van der Waals surface area contributed by atoms with Crippen LogP contribution in [0.2, 0.25) is 0 Å². The van der Waals surface area contributed by atoms with Gasteiger partial charge in [-0.3, -0.25) is 9.79 Å². The molecule has 0 saturated carbocycles. The second-order valence-corrected chi connectivity index (χ2v) is 6.51. The van der Waals surface area contributed by atoms with Crippen molar-refractivity contribution in [1.29, 1.82) is 0 Å². The van der Waals surface area contributed by atoms with Gasteiger partial charge in [-0.05, 0) is 12.0 Å². The van der Waals surface area contributed by atoms with Gasteiger partial charge in [0.25, 0.3) is 0 Å². The van der Waals surface area contributed by atoms with E-state index in [9.17, 15) is 4.79 Å². The van der Waals surface area contributed by atoms with Crippen molar-refractivity contribution in [3.63, 3.8) is 0 Å². The molecule has 3 rings (SSSR count). The number of amidine groups is 1. The number of carbonyl (C=O) groups is 1. The van der Waals surface area contributed by atoms with Gasteiger partial charge >= 0.3 is 0 Å². The first-order valence-electron chi connectivity index (χ1n) is 6.99. The van der Waals surface area contributed by atoms with Gasteiger partial charge in [0.1, 0.15) is 0 Å². The number of carbonyl (C=O) groups excluding carboxylic acids is 1. The molecular formula is C15H19N3OS. The van der Waals surface area contributed by atoms with E-state index in [1.807, 2.05) is 13.1 Å². The highest BCUT2D eigenvalue weighted by Gasteiger charge is 2.27. The molecule has 0 bridgehead atoms. The molecule has 1 aromatic carbocycles. The third kappa shape index (κ3) is 2.98. The maximum atomic E-state index is 11.5. The van der Waals surface area contributed by atoms with Gasteiger partial charge in [-0.25, -0.2) is 0 Å². The van der Waals surface area contributed by atoms with Crippen LogP contribution < -0.4 is 5.32 Å². The quantitative estimate of drug-likeness (QED) is 0.906. The minimum atomic E-state index is 0.242. The molecule has 1 amide bonds. The second-order valence-electron chi connectivity index (χ2n) is 5.32. The zero-order valence-electron chi connectivity index (χ0n) is 11.6. The largest absolute Gasteiger partial charge is 0.360 e. The molecule has 0 radical (unpaired) electrons. The third-order valence-electron chi connectivity index (χ3n) is 3.78. The van der Waals surface area contributed by atoms with E-state index >= 15 is 0 Å². The van der Waals surface area contributed by atoms with E-state index in [1.165, 1.54) is 5.56 Å². The number of likely N-dealkylation sites (tertiary alicyclic amines) is 1. The van der Waals surface area contributed by atoms with Crippen LogP contribution in [0.1, 0.15) is 23.7 Å². The lowest BCUT2D eigenvalue weighted by Gasteiger charge is -2.30. The molecule has 2 aliphatic rings. The molecule has 5 heteroatoms. The van der Waals surface area contributed by atoms with Crippen LogP contribution in [-0.2, 0) is 4.79 Å². The van der Waals surface area contributed by atoms with Gasteiger partial charge in [-0.15, -0.1) is 0 Å². The lowest BCUT2D eigenvalue weighted by atomic mass is 10.1. The Morgan fingerprint density at radius 3 is 2.90 bits per heavy atom. The Morgan fingerprint density at radius 2 is 2.15 bits per heavy atom. The summed E-state index contributed by atoms with van der Waals surface area (Å²) in [5, 5.41) is 4.93. The highest BCUT2D eigenvalue weighted by molar-refractivity contribution is 8.14. The second kappa shape index (κ2) is 5.87. The summed E-state index contributed by atoms with van der Waals surface area (Å²) in [6.07, 6.45) is 1.53. The van der Waals surface area contributed by atoms with Crippen LogP contribution in [0.5, 0.6) is 0 Å². The maximum absolute atomic E-state index is 11.5. The molecule has 1 N–H and O–H groups in total. The van der Waals surface area contributed by atoms with Crippen LogP contribution in [0.4, 0.5) is 0 Å². The van der Waals surface area contributed by atoms with E-state index in [0.717, 1.165) is 24.7 Å². The number of piperidine rings is 1. The highest BCUT2D eigenvalue weighted by atomic mass is 32.2. The molecule has 1 saturated heterocycles. The van der Waals surface area contributed by atoms with E-state index in [2.05, 4.69) is 34.6 Å². The lowest BCUT2D eigenvalue weighted by Crippen LogP contribution is -2.47. The Kier molecular flexibility index (Phi) is 3.96. The first kappa shape index (κ1) is 13.5. The van der Waals surface area contributed by atoms with Gasteiger partial charge in [0, 0.05) is 26.1 Å². The van der Waals surface area contributed by atoms with Crippen molar-refractivity contribution >= 4 is 22.8 Å². The third-order valence-corrected chi connectivity index (χ3v) is 4.96. The number of likely N-dealkylation sites (N-methyl/N-ethyl adjacent to an activating group) is 1. The van der Waals surface area contributed by atoms with Crippen molar-refractivity contribution in [1.82, 2.24) is 10.2 Å². The first-order chi connectivity index (χ1) is 9.72. The Morgan fingerprint density at radius 1 is 1.35 bits per heavy atom. The molecule has 0 spiro atoms. The minimum Gasteiger partial charge on any atom is -0.360 e. The number of nitrogens with one attached hydrogen (secondary N) is 1. The fraction of sp³-hybridized carbons (Fsp3) is 0.467. The zero-order chi connectivity index (χ0) is 13.9. The predicted octanol–water partition coefficient (Wildman–Crippen LogP) is 2.04. The Hall–Kier alpha value is -1.49. The van der Waals surface area contributed by atoms with Crippen LogP contribution in [-0.4, -0.2) is 42.2 Å². The number of nitrogens with zero attached hydrogens (tertiary/aromatic N) is 2. The van der Waals surface area contributed by atoms with E-state index < -0.39 is 0 Å². The van der Waals surface area contributed by atoms with Gasteiger partial charge in [0.15, 0.2) is 5.17 Å². The van der Waals surface area contributed by atoms with Crippen LogP contribution in [0.3, 0.4) is 0 Å². The van der Waals surface area contributed by atoms with Crippen molar-refractivity contribution in [2.45, 2.75) is 24.1 Å². The number of aliphatic imine (C=N–C) groups is 1. The summed E-state index contributed by atoms with van der Waals surface area (Å²) in [5.74, 6) is 0.242. The van der Waals surface area contributed by atoms with Crippen molar-refractivity contribution in [2.75, 3.05) is 20.1 Å². The van der Waals surface area contributed by atoms with Gasteiger partial charge in [-0.2, -0.15) is 0 Å². The van der Waals surface area contributed by atoms with Gasteiger partial charge in [0.2, 0.25) is 5.91 Å². The van der Waals surface area contributed by atoms with Gasteiger partial charge in [0.05, 0.1) is 11.8 Å². The predicted molar refractivity (Wildman–Crippen MR) is 82.9 cm³/mol. The van der Waals surface area contributed by atoms with Crippen LogP contribution in [0.25, 0.3) is 0 Å². The smallest absolute Gasteiger partial charge is 0.222 e. The molecule has 2 aliphatic heterocycles. The molecule has 2 unspecified atom stereocenters. The van der Waals surface area contributed by atoms with E-state index in [4.69, 9.17) is 0 Å². The number of rotatable bonds is 2. The summed E-state index contributed by atoms with van der Waals surface area (Å²) in [4.78, 5) is 17.9. The monoisotopic (exact) mass is 289 g/mol. The summed E-state index contributed by atoms with van der Waals surface area (Å²) in [7, 11) is 1.87. The van der Waals surface area contributed by atoms with Crippen molar-refractivity contribution in [3.05, 3.63) is 35.9 Å². The summed E-state index contributed by atoms with van der Waals surface area (Å²) in [5.41, 5.74) is 1.33. The van der Waals surface area contributed by atoms with Crippen molar-refractivity contribution in [3.8, 4) is 0 Å². The van der Waals surface area contributed by atoms with Crippen molar-refractivity contribution < 1.29 is 4.79 Å². The maximum Gasteiger partial charge on any atom is 0.222 e. The lowest BCUT2D eigenvalue weighted by molar-refractivity contribution is -0.132. The number of amides is 1. The molecule has 20 heavy (non-hydrogen) atoms. The topological polar surface area (TPSA) is 44.7 Å². The van der Waals surface area contributed by atoms with E-state index in [1.54, 1.807) is 16.7 Å². The van der Waals surface area contributed by atoms with Gasteiger partial charge < -0.3 is 10.2 Å². The number of hydrogen-bond acceptors (Lipinski definition) is 4. The summed E-state index contributed by atoms with van der Waals surface area (Å²) in [6.45, 7) is 1.60. The molecule has 1 fully saturated rings. The van der Waals surface area contributed by atoms with Crippen LogP contribution in [0.15, 0.2) is 35.3 Å². The molecular weight excluding hydrogens is 270 g/mol. The standard InChI is InChI=1S/C15H19N3OS/c1-18-10-12(7-8-14(18)19)17-15-16-9-13(20-15)11-5-3-2-4-6-11/h2-6,12-13H,7-10H2,1H3,(H,16,17). The molecule has 1 aromatic rings. The first-order valence-corrected chi connectivity index (χ1v) is 7.87. The normalized spacial score (nSPS) is 26.6. The zero-order valence-corrected chi connectivity index (χ0v) is 12.4. The molecule has 0 aliphatic carbocycles. The summed E-state index contributed by atoms with van der Waals surface area (Å²) >= 11 is 1.79. The minimum absolute atomic E-state index is 0.242. The average molecular weight is 289 g/mol. The highest BCUT2D eigenvalue weighted by Crippen LogP contribution is 2.34. The molecule has 0 aromatic heterocycles. The molecule has 2 heterocycles. The summed E-state index contributed by atoms with van der Waals surface area (Å²) < 4.78 is 0. The molecule has 106 valence electrons. The average Bonchev–Trinajstić information content (AvgIpc) is 2.92. The summed E-state index contributed by atoms with van der Waals surface area (Å²) in [6, 6.07) is 10.8.